The van der Waals surface area contributed by atoms with Crippen LogP contribution in [0.2, 0.25) is 0 Å². The standard InChI is InChI=1S/C12H15NS/c1-9(2)12(3)6-4-5-11-10(7-12)13-8-14-11/h4-9H,1-3H3. The van der Waals surface area contributed by atoms with Gasteiger partial charge in [-0.2, -0.15) is 0 Å². The van der Waals surface area contributed by atoms with E-state index in [-0.39, 0.29) is 5.41 Å². The Labute approximate surface area is 88.5 Å². The molecule has 0 N–H and O–H groups in total. The third-order valence-corrected chi connectivity index (χ3v) is 3.83. The average Bonchev–Trinajstić information content (AvgIpc) is 2.46. The first-order valence-corrected chi connectivity index (χ1v) is 5.82. The number of aromatic nitrogens is 1. The van der Waals surface area contributed by atoms with Gasteiger partial charge in [0.15, 0.2) is 0 Å². The summed E-state index contributed by atoms with van der Waals surface area (Å²) in [6.45, 7) is 6.76. The predicted molar refractivity (Wildman–Crippen MR) is 62.4 cm³/mol. The molecule has 1 heterocycles. The molecule has 1 unspecified atom stereocenters. The van der Waals surface area contributed by atoms with Crippen molar-refractivity contribution >= 4 is 23.5 Å². The van der Waals surface area contributed by atoms with Crippen LogP contribution in [0.15, 0.2) is 17.7 Å². The van der Waals surface area contributed by atoms with Crippen LogP contribution in [-0.4, -0.2) is 4.98 Å². The predicted octanol–water partition coefficient (Wildman–Crippen LogP) is 1.94. The molecule has 0 saturated carbocycles. The fourth-order valence-electron chi connectivity index (χ4n) is 1.54. The lowest BCUT2D eigenvalue weighted by Crippen LogP contribution is -2.26. The molecule has 2 rings (SSSR count). The van der Waals surface area contributed by atoms with Crippen LogP contribution in [0.3, 0.4) is 0 Å². The summed E-state index contributed by atoms with van der Waals surface area (Å²) in [6, 6.07) is 0. The third-order valence-electron chi connectivity index (χ3n) is 3.02. The van der Waals surface area contributed by atoms with Crippen LogP contribution >= 0.6 is 11.3 Å². The molecule has 0 fully saturated rings. The van der Waals surface area contributed by atoms with E-state index in [1.807, 2.05) is 5.51 Å². The van der Waals surface area contributed by atoms with Gasteiger partial charge in [-0.1, -0.05) is 32.9 Å². The van der Waals surface area contributed by atoms with Crippen molar-refractivity contribution < 1.29 is 0 Å². The van der Waals surface area contributed by atoms with E-state index in [0.717, 1.165) is 5.35 Å². The van der Waals surface area contributed by atoms with Gasteiger partial charge in [0.1, 0.15) is 0 Å². The molecule has 0 spiro atoms. The van der Waals surface area contributed by atoms with Crippen LogP contribution in [0.4, 0.5) is 0 Å². The molecule has 0 aromatic carbocycles. The lowest BCUT2D eigenvalue weighted by atomic mass is 9.79. The number of fused-ring (bicyclic) bond motifs is 1. The Bertz CT molecular complexity index is 467. The van der Waals surface area contributed by atoms with Crippen molar-refractivity contribution in [3.05, 3.63) is 27.5 Å². The zero-order valence-electron chi connectivity index (χ0n) is 8.82. The second kappa shape index (κ2) is 3.35. The topological polar surface area (TPSA) is 12.9 Å². The molecule has 1 atom stereocenters. The maximum absolute atomic E-state index is 4.39. The summed E-state index contributed by atoms with van der Waals surface area (Å²) >= 11 is 1.70. The average molecular weight is 205 g/mol. The number of allylic oxidation sites excluding steroid dienone is 2. The molecule has 0 saturated heterocycles. The van der Waals surface area contributed by atoms with Crippen LogP contribution in [0.25, 0.3) is 12.2 Å². The molecule has 1 nitrogen and oxygen atoms in total. The highest BCUT2D eigenvalue weighted by Gasteiger charge is 2.23. The van der Waals surface area contributed by atoms with Gasteiger partial charge in [0.25, 0.3) is 0 Å². The lowest BCUT2D eigenvalue weighted by molar-refractivity contribution is 0.409. The summed E-state index contributed by atoms with van der Waals surface area (Å²) < 4.78 is 1.27. The van der Waals surface area contributed by atoms with E-state index in [2.05, 4.69) is 50.1 Å². The number of rotatable bonds is 1. The summed E-state index contributed by atoms with van der Waals surface area (Å²) in [7, 11) is 0. The normalized spacial score (nSPS) is 25.1. The molecule has 14 heavy (non-hydrogen) atoms. The SMILES string of the molecule is CC(C)C1(C)C=CC=c2scnc2=C1. The minimum atomic E-state index is 0.135. The van der Waals surface area contributed by atoms with E-state index in [1.165, 1.54) is 4.53 Å². The second-order valence-electron chi connectivity index (χ2n) is 4.29. The summed E-state index contributed by atoms with van der Waals surface area (Å²) in [5.74, 6) is 0.597. The molecule has 0 bridgehead atoms. The first-order chi connectivity index (χ1) is 6.62. The number of thiazole rings is 1. The first-order valence-electron chi connectivity index (χ1n) is 4.94. The number of hydrogen-bond acceptors (Lipinski definition) is 2. The van der Waals surface area contributed by atoms with Gasteiger partial charge in [-0.25, -0.2) is 4.98 Å². The summed E-state index contributed by atoms with van der Waals surface area (Å²) in [5, 5.41) is 1.14. The van der Waals surface area contributed by atoms with Gasteiger partial charge in [0.05, 0.1) is 15.4 Å². The van der Waals surface area contributed by atoms with Crippen molar-refractivity contribution in [2.75, 3.05) is 0 Å². The van der Waals surface area contributed by atoms with Gasteiger partial charge >= 0.3 is 0 Å². The summed E-state index contributed by atoms with van der Waals surface area (Å²) in [5.41, 5.74) is 2.05. The zero-order valence-corrected chi connectivity index (χ0v) is 9.64. The Morgan fingerprint density at radius 2 is 2.21 bits per heavy atom. The van der Waals surface area contributed by atoms with E-state index in [0.29, 0.717) is 5.92 Å². The van der Waals surface area contributed by atoms with Crippen molar-refractivity contribution in [1.29, 1.82) is 0 Å². The quantitative estimate of drug-likeness (QED) is 0.683. The molecular formula is C12H15NS. The number of nitrogens with zero attached hydrogens (tertiary/aromatic N) is 1. The van der Waals surface area contributed by atoms with Crippen molar-refractivity contribution in [2.45, 2.75) is 20.8 Å². The molecule has 0 amide bonds. The van der Waals surface area contributed by atoms with Gasteiger partial charge in [-0.15, -0.1) is 11.3 Å². The summed E-state index contributed by atoms with van der Waals surface area (Å²) in [4.78, 5) is 4.39. The Morgan fingerprint density at radius 3 is 2.93 bits per heavy atom. The Balaban J connectivity index is 2.64. The second-order valence-corrected chi connectivity index (χ2v) is 5.18. The molecule has 1 aliphatic rings. The van der Waals surface area contributed by atoms with Gasteiger partial charge < -0.3 is 0 Å². The van der Waals surface area contributed by atoms with Crippen LogP contribution in [0.1, 0.15) is 20.8 Å². The largest absolute Gasteiger partial charge is 0.245 e. The maximum atomic E-state index is 4.39. The first kappa shape index (κ1) is 9.66. The lowest BCUT2D eigenvalue weighted by Gasteiger charge is -2.25. The van der Waals surface area contributed by atoms with Crippen LogP contribution in [0.5, 0.6) is 0 Å². The monoisotopic (exact) mass is 205 g/mol. The molecular weight excluding hydrogens is 190 g/mol. The van der Waals surface area contributed by atoms with Crippen molar-refractivity contribution in [3.63, 3.8) is 0 Å². The minimum Gasteiger partial charge on any atom is -0.245 e. The van der Waals surface area contributed by atoms with Crippen LogP contribution in [0, 0.1) is 11.3 Å². The van der Waals surface area contributed by atoms with E-state index >= 15 is 0 Å². The molecule has 0 aliphatic heterocycles. The van der Waals surface area contributed by atoms with Gasteiger partial charge in [-0.3, -0.25) is 0 Å². The van der Waals surface area contributed by atoms with Gasteiger partial charge in [0.2, 0.25) is 0 Å². The van der Waals surface area contributed by atoms with Gasteiger partial charge in [0, 0.05) is 5.41 Å². The molecule has 2 heteroatoms. The fraction of sp³-hybridized carbons (Fsp3) is 0.417. The summed E-state index contributed by atoms with van der Waals surface area (Å²) in [6.07, 6.45) is 8.85. The van der Waals surface area contributed by atoms with Crippen LogP contribution < -0.4 is 9.88 Å². The van der Waals surface area contributed by atoms with Crippen molar-refractivity contribution in [2.24, 2.45) is 11.3 Å². The fourth-order valence-corrected chi connectivity index (χ4v) is 2.21. The number of hydrogen-bond donors (Lipinski definition) is 0. The molecule has 1 aromatic heterocycles. The van der Waals surface area contributed by atoms with E-state index in [9.17, 15) is 0 Å². The molecule has 1 aromatic rings. The van der Waals surface area contributed by atoms with Crippen molar-refractivity contribution in [1.82, 2.24) is 4.98 Å². The van der Waals surface area contributed by atoms with Crippen molar-refractivity contribution in [3.8, 4) is 0 Å². The minimum absolute atomic E-state index is 0.135. The van der Waals surface area contributed by atoms with E-state index in [1.54, 1.807) is 11.3 Å². The third kappa shape index (κ3) is 1.55. The highest BCUT2D eigenvalue weighted by atomic mass is 32.1. The molecule has 0 radical (unpaired) electrons. The maximum Gasteiger partial charge on any atom is 0.0805 e. The highest BCUT2D eigenvalue weighted by Crippen LogP contribution is 2.30. The van der Waals surface area contributed by atoms with Crippen LogP contribution in [-0.2, 0) is 0 Å². The molecule has 1 aliphatic carbocycles. The zero-order chi connectivity index (χ0) is 10.2. The molecule has 74 valence electrons. The smallest absolute Gasteiger partial charge is 0.0805 e. The Morgan fingerprint density at radius 1 is 1.43 bits per heavy atom. The highest BCUT2D eigenvalue weighted by molar-refractivity contribution is 7.07. The van der Waals surface area contributed by atoms with E-state index in [4.69, 9.17) is 0 Å². The Hall–Kier alpha value is -0.890. The van der Waals surface area contributed by atoms with Gasteiger partial charge in [-0.05, 0) is 18.1 Å². The Kier molecular flexibility index (Phi) is 2.31. The van der Waals surface area contributed by atoms with E-state index < -0.39 is 0 Å².